The first-order chi connectivity index (χ1) is 9.40. The fourth-order valence-corrected chi connectivity index (χ4v) is 4.30. The van der Waals surface area contributed by atoms with Gasteiger partial charge in [-0.05, 0) is 54.0 Å². The number of aromatic nitrogens is 2. The molecule has 0 saturated heterocycles. The van der Waals surface area contributed by atoms with Gasteiger partial charge < -0.3 is 0 Å². The van der Waals surface area contributed by atoms with E-state index in [0.717, 1.165) is 15.2 Å². The van der Waals surface area contributed by atoms with Crippen LogP contribution in [0.3, 0.4) is 0 Å². The van der Waals surface area contributed by atoms with E-state index in [1.54, 1.807) is 29.4 Å². The molecular weight excluding hydrogens is 272 g/mol. The highest BCUT2D eigenvalue weighted by atomic mass is 32.2. The average molecular weight is 284 g/mol. The summed E-state index contributed by atoms with van der Waals surface area (Å²) >= 11 is 3.41. The first-order valence-electron chi connectivity index (χ1n) is 6.38. The standard InChI is InChI=1S/C15H12N2S2/c1-2-10-4-5-12(8-11(10)3-1)19-15-13-6-7-18-14(13)16-9-17-15/h4-9H,1-3H2. The SMILES string of the molecule is c1nc(Sc2ccc3c(c2)CCC3)c2ccsc2n1. The van der Waals surface area contributed by atoms with Crippen LogP contribution in [0.4, 0.5) is 0 Å². The number of aryl methyl sites for hydroxylation is 2. The van der Waals surface area contributed by atoms with Crippen LogP contribution in [0.5, 0.6) is 0 Å². The van der Waals surface area contributed by atoms with Gasteiger partial charge in [-0.15, -0.1) is 11.3 Å². The highest BCUT2D eigenvalue weighted by Crippen LogP contribution is 2.35. The zero-order valence-corrected chi connectivity index (χ0v) is 11.9. The van der Waals surface area contributed by atoms with Crippen LogP contribution in [-0.4, -0.2) is 9.97 Å². The summed E-state index contributed by atoms with van der Waals surface area (Å²) in [6.07, 6.45) is 5.42. The number of rotatable bonds is 2. The van der Waals surface area contributed by atoms with Crippen LogP contribution in [0.2, 0.25) is 0 Å². The van der Waals surface area contributed by atoms with Crippen molar-refractivity contribution < 1.29 is 0 Å². The third kappa shape index (κ3) is 2.05. The Labute approximate surface area is 119 Å². The van der Waals surface area contributed by atoms with Crippen LogP contribution >= 0.6 is 23.1 Å². The molecule has 0 atom stereocenters. The number of hydrogen-bond acceptors (Lipinski definition) is 4. The van der Waals surface area contributed by atoms with Gasteiger partial charge in [0.05, 0.1) is 0 Å². The lowest BCUT2D eigenvalue weighted by Crippen LogP contribution is -1.85. The van der Waals surface area contributed by atoms with Gasteiger partial charge in [-0.3, -0.25) is 0 Å². The van der Waals surface area contributed by atoms with Gasteiger partial charge >= 0.3 is 0 Å². The Morgan fingerprint density at radius 1 is 1.05 bits per heavy atom. The topological polar surface area (TPSA) is 25.8 Å². The quantitative estimate of drug-likeness (QED) is 0.655. The summed E-state index contributed by atoms with van der Waals surface area (Å²) in [4.78, 5) is 11.1. The lowest BCUT2D eigenvalue weighted by atomic mass is 10.1. The van der Waals surface area contributed by atoms with Crippen molar-refractivity contribution >= 4 is 33.3 Å². The third-order valence-corrected chi connectivity index (χ3v) is 5.34. The van der Waals surface area contributed by atoms with Crippen molar-refractivity contribution in [1.29, 1.82) is 0 Å². The maximum atomic E-state index is 4.43. The molecule has 1 aromatic carbocycles. The van der Waals surface area contributed by atoms with Crippen molar-refractivity contribution in [2.75, 3.05) is 0 Å². The van der Waals surface area contributed by atoms with Gasteiger partial charge in [0.1, 0.15) is 16.2 Å². The lowest BCUT2D eigenvalue weighted by molar-refractivity contribution is 0.911. The third-order valence-electron chi connectivity index (χ3n) is 3.51. The van der Waals surface area contributed by atoms with E-state index in [9.17, 15) is 0 Å². The first kappa shape index (κ1) is 11.4. The largest absolute Gasteiger partial charge is 0.229 e. The van der Waals surface area contributed by atoms with Gasteiger partial charge in [-0.2, -0.15) is 0 Å². The van der Waals surface area contributed by atoms with Gasteiger partial charge in [0, 0.05) is 10.3 Å². The van der Waals surface area contributed by atoms with Gasteiger partial charge in [-0.1, -0.05) is 17.8 Å². The van der Waals surface area contributed by atoms with E-state index in [4.69, 9.17) is 0 Å². The predicted octanol–water partition coefficient (Wildman–Crippen LogP) is 4.33. The monoisotopic (exact) mass is 284 g/mol. The minimum atomic E-state index is 1.06. The molecule has 94 valence electrons. The molecule has 0 saturated carbocycles. The molecule has 0 spiro atoms. The Morgan fingerprint density at radius 3 is 3.00 bits per heavy atom. The second-order valence-electron chi connectivity index (χ2n) is 4.70. The van der Waals surface area contributed by atoms with Crippen LogP contribution in [0.25, 0.3) is 10.2 Å². The Balaban J connectivity index is 1.73. The van der Waals surface area contributed by atoms with E-state index in [1.807, 2.05) is 0 Å². The number of thiophene rings is 1. The smallest absolute Gasteiger partial charge is 0.127 e. The minimum Gasteiger partial charge on any atom is -0.229 e. The molecule has 0 aliphatic heterocycles. The summed E-state index contributed by atoms with van der Waals surface area (Å²) in [5, 5.41) is 4.30. The number of benzene rings is 1. The number of fused-ring (bicyclic) bond motifs is 2. The summed E-state index contributed by atoms with van der Waals surface area (Å²) in [7, 11) is 0. The first-order valence-corrected chi connectivity index (χ1v) is 8.07. The van der Waals surface area contributed by atoms with Crippen LogP contribution in [0.15, 0.2) is 45.9 Å². The van der Waals surface area contributed by atoms with Crippen molar-refractivity contribution in [3.05, 3.63) is 47.1 Å². The summed E-state index contributed by atoms with van der Waals surface area (Å²) < 4.78 is 0. The maximum absolute atomic E-state index is 4.43. The molecule has 19 heavy (non-hydrogen) atoms. The molecule has 0 radical (unpaired) electrons. The van der Waals surface area contributed by atoms with Crippen molar-refractivity contribution in [2.45, 2.75) is 29.2 Å². The van der Waals surface area contributed by atoms with E-state index in [2.05, 4.69) is 39.6 Å². The molecule has 0 amide bonds. The van der Waals surface area contributed by atoms with Crippen molar-refractivity contribution in [3.8, 4) is 0 Å². The van der Waals surface area contributed by atoms with Gasteiger partial charge in [0.25, 0.3) is 0 Å². The van der Waals surface area contributed by atoms with E-state index < -0.39 is 0 Å². The molecule has 2 nitrogen and oxygen atoms in total. The van der Waals surface area contributed by atoms with E-state index in [0.29, 0.717) is 0 Å². The zero-order valence-electron chi connectivity index (χ0n) is 10.3. The second kappa shape index (κ2) is 4.62. The summed E-state index contributed by atoms with van der Waals surface area (Å²) in [6, 6.07) is 8.93. The van der Waals surface area contributed by atoms with Crippen molar-refractivity contribution in [2.24, 2.45) is 0 Å². The molecule has 0 bridgehead atoms. The maximum Gasteiger partial charge on any atom is 0.127 e. The van der Waals surface area contributed by atoms with E-state index in [-0.39, 0.29) is 0 Å². The Kier molecular flexibility index (Phi) is 2.78. The molecule has 0 unspecified atom stereocenters. The van der Waals surface area contributed by atoms with Crippen LogP contribution in [0, 0.1) is 0 Å². The molecule has 0 fully saturated rings. The predicted molar refractivity (Wildman–Crippen MR) is 80.0 cm³/mol. The van der Waals surface area contributed by atoms with E-state index >= 15 is 0 Å². The van der Waals surface area contributed by atoms with Gasteiger partial charge in [0.15, 0.2) is 0 Å². The average Bonchev–Trinajstić information content (AvgIpc) is 3.06. The number of hydrogen-bond donors (Lipinski definition) is 0. The Bertz CT molecular complexity index is 749. The molecule has 0 N–H and O–H groups in total. The molecule has 4 heteroatoms. The van der Waals surface area contributed by atoms with E-state index in [1.165, 1.54) is 35.3 Å². The minimum absolute atomic E-state index is 1.06. The summed E-state index contributed by atoms with van der Waals surface area (Å²) in [6.45, 7) is 0. The molecule has 1 aliphatic carbocycles. The van der Waals surface area contributed by atoms with Crippen molar-refractivity contribution in [3.63, 3.8) is 0 Å². The normalized spacial score (nSPS) is 13.9. The molecule has 4 rings (SSSR count). The Hall–Kier alpha value is -1.39. The molecule has 1 aliphatic rings. The highest BCUT2D eigenvalue weighted by Gasteiger charge is 2.12. The second-order valence-corrected chi connectivity index (χ2v) is 6.66. The Morgan fingerprint density at radius 2 is 2.00 bits per heavy atom. The molecule has 2 heterocycles. The molecule has 2 aromatic heterocycles. The summed E-state index contributed by atoms with van der Waals surface area (Å²) in [5.41, 5.74) is 3.04. The molecular formula is C15H12N2S2. The van der Waals surface area contributed by atoms with Crippen LogP contribution in [-0.2, 0) is 12.8 Å². The van der Waals surface area contributed by atoms with Crippen molar-refractivity contribution in [1.82, 2.24) is 9.97 Å². The zero-order chi connectivity index (χ0) is 12.7. The lowest BCUT2D eigenvalue weighted by Gasteiger charge is -2.05. The highest BCUT2D eigenvalue weighted by molar-refractivity contribution is 7.99. The number of nitrogens with zero attached hydrogens (tertiary/aromatic N) is 2. The fourth-order valence-electron chi connectivity index (χ4n) is 2.57. The van der Waals surface area contributed by atoms with Crippen LogP contribution < -0.4 is 0 Å². The molecule has 3 aromatic rings. The fraction of sp³-hybridized carbons (Fsp3) is 0.200. The van der Waals surface area contributed by atoms with Gasteiger partial charge in [0.2, 0.25) is 0 Å². The van der Waals surface area contributed by atoms with Crippen LogP contribution in [0.1, 0.15) is 17.5 Å². The summed E-state index contributed by atoms with van der Waals surface area (Å²) in [5.74, 6) is 0. The van der Waals surface area contributed by atoms with Gasteiger partial charge in [-0.25, -0.2) is 9.97 Å².